The Morgan fingerprint density at radius 1 is 1.60 bits per heavy atom. The molecule has 1 aromatic heterocycles. The fourth-order valence-electron chi connectivity index (χ4n) is 1.44. The van der Waals surface area contributed by atoms with Gasteiger partial charge in [0.1, 0.15) is 0 Å². The second kappa shape index (κ2) is 6.74. The highest BCUT2D eigenvalue weighted by atomic mass is 32.2. The van der Waals surface area contributed by atoms with Crippen molar-refractivity contribution < 1.29 is 4.21 Å². The maximum Gasteiger partial charge on any atom is 0.0945 e. The smallest absolute Gasteiger partial charge is 0.0945 e. The Bertz CT molecular complexity index is 287. The summed E-state index contributed by atoms with van der Waals surface area (Å²) in [6.45, 7) is 4.00. The Balaban J connectivity index is 2.04. The van der Waals surface area contributed by atoms with Crippen LogP contribution in [0.3, 0.4) is 0 Å². The first-order chi connectivity index (χ1) is 7.18. The molecule has 5 heteroatoms. The maximum atomic E-state index is 10.9. The second-order valence-corrected chi connectivity index (χ2v) is 5.23. The van der Waals surface area contributed by atoms with Crippen molar-refractivity contribution in [1.82, 2.24) is 14.9 Å². The summed E-state index contributed by atoms with van der Waals surface area (Å²) in [6, 6.07) is 0.332. The number of rotatable bonds is 7. The van der Waals surface area contributed by atoms with Gasteiger partial charge in [-0.2, -0.15) is 0 Å². The number of nitrogens with zero attached hydrogens (tertiary/aromatic N) is 2. The van der Waals surface area contributed by atoms with E-state index >= 15 is 0 Å². The molecular weight excluding hydrogens is 210 g/mol. The third-order valence-electron chi connectivity index (χ3n) is 2.13. The molecule has 1 aromatic rings. The van der Waals surface area contributed by atoms with E-state index in [4.69, 9.17) is 0 Å². The van der Waals surface area contributed by atoms with Gasteiger partial charge in [0.25, 0.3) is 0 Å². The van der Waals surface area contributed by atoms with Crippen LogP contribution >= 0.6 is 0 Å². The molecule has 4 nitrogen and oxygen atoms in total. The predicted octanol–water partition coefficient (Wildman–Crippen LogP) is 0.630. The van der Waals surface area contributed by atoms with E-state index in [0.717, 1.165) is 25.3 Å². The summed E-state index contributed by atoms with van der Waals surface area (Å²) >= 11 is 0. The molecule has 2 unspecified atom stereocenters. The lowest BCUT2D eigenvalue weighted by Crippen LogP contribution is -2.32. The lowest BCUT2D eigenvalue weighted by molar-refractivity contribution is 0.536. The number of aryl methyl sites for hydroxylation is 1. The van der Waals surface area contributed by atoms with Gasteiger partial charge in [0.05, 0.1) is 6.33 Å². The van der Waals surface area contributed by atoms with Crippen LogP contribution in [0.15, 0.2) is 18.7 Å². The molecule has 0 amide bonds. The van der Waals surface area contributed by atoms with Crippen LogP contribution in [0.1, 0.15) is 13.3 Å². The van der Waals surface area contributed by atoms with E-state index in [9.17, 15) is 4.21 Å². The Morgan fingerprint density at radius 2 is 2.40 bits per heavy atom. The molecule has 0 aliphatic heterocycles. The first-order valence-electron chi connectivity index (χ1n) is 5.17. The van der Waals surface area contributed by atoms with Crippen molar-refractivity contribution in [2.24, 2.45) is 0 Å². The van der Waals surface area contributed by atoms with Crippen LogP contribution < -0.4 is 5.32 Å². The van der Waals surface area contributed by atoms with E-state index in [2.05, 4.69) is 21.8 Å². The lowest BCUT2D eigenvalue weighted by atomic mass is 10.3. The van der Waals surface area contributed by atoms with Crippen molar-refractivity contribution in [2.45, 2.75) is 25.9 Å². The van der Waals surface area contributed by atoms with Gasteiger partial charge in [-0.25, -0.2) is 4.98 Å². The zero-order valence-electron chi connectivity index (χ0n) is 9.35. The monoisotopic (exact) mass is 229 g/mol. The Labute approximate surface area is 93.5 Å². The molecule has 0 aliphatic carbocycles. The van der Waals surface area contributed by atoms with E-state index in [1.807, 2.05) is 12.5 Å². The maximum absolute atomic E-state index is 10.9. The van der Waals surface area contributed by atoms with Crippen molar-refractivity contribution in [3.8, 4) is 0 Å². The van der Waals surface area contributed by atoms with Gasteiger partial charge in [0.15, 0.2) is 0 Å². The summed E-state index contributed by atoms with van der Waals surface area (Å²) in [4.78, 5) is 3.98. The van der Waals surface area contributed by atoms with Gasteiger partial charge in [-0.3, -0.25) is 4.21 Å². The summed E-state index contributed by atoms with van der Waals surface area (Å²) in [7, 11) is -0.708. The van der Waals surface area contributed by atoms with Crippen molar-refractivity contribution in [2.75, 3.05) is 18.6 Å². The summed E-state index contributed by atoms with van der Waals surface area (Å²) in [5.41, 5.74) is 0. The molecule has 1 heterocycles. The van der Waals surface area contributed by atoms with Crippen molar-refractivity contribution in [3.05, 3.63) is 18.7 Å². The van der Waals surface area contributed by atoms with Gasteiger partial charge in [-0.15, -0.1) is 0 Å². The van der Waals surface area contributed by atoms with Crippen molar-refractivity contribution in [1.29, 1.82) is 0 Å². The minimum atomic E-state index is -0.708. The summed E-state index contributed by atoms with van der Waals surface area (Å²) in [6.07, 6.45) is 8.38. The van der Waals surface area contributed by atoms with Crippen LogP contribution in [-0.2, 0) is 17.3 Å². The molecule has 1 N–H and O–H groups in total. The van der Waals surface area contributed by atoms with Gasteiger partial charge >= 0.3 is 0 Å². The molecule has 0 saturated heterocycles. The summed E-state index contributed by atoms with van der Waals surface area (Å²) in [5, 5.41) is 3.35. The molecule has 0 bridgehead atoms. The van der Waals surface area contributed by atoms with Crippen LogP contribution in [0.2, 0.25) is 0 Å². The van der Waals surface area contributed by atoms with Crippen molar-refractivity contribution in [3.63, 3.8) is 0 Å². The summed E-state index contributed by atoms with van der Waals surface area (Å²) in [5.74, 6) is 0.727. The van der Waals surface area contributed by atoms with Crippen LogP contribution in [-0.4, -0.2) is 38.4 Å². The third-order valence-corrected chi connectivity index (χ3v) is 3.10. The molecule has 1 rings (SSSR count). The fraction of sp³-hybridized carbons (Fsp3) is 0.700. The molecule has 0 radical (unpaired) electrons. The molecule has 0 spiro atoms. The molecule has 0 aromatic carbocycles. The third kappa shape index (κ3) is 5.69. The Kier molecular flexibility index (Phi) is 5.57. The minimum Gasteiger partial charge on any atom is -0.337 e. The molecule has 15 heavy (non-hydrogen) atoms. The number of hydrogen-bond donors (Lipinski definition) is 1. The van der Waals surface area contributed by atoms with Gasteiger partial charge in [-0.1, -0.05) is 0 Å². The average molecular weight is 229 g/mol. The predicted molar refractivity (Wildman–Crippen MR) is 63.2 cm³/mol. The van der Waals surface area contributed by atoms with E-state index in [1.54, 1.807) is 12.5 Å². The number of aromatic nitrogens is 2. The van der Waals surface area contributed by atoms with E-state index in [-0.39, 0.29) is 0 Å². The fourth-order valence-corrected chi connectivity index (χ4v) is 2.26. The van der Waals surface area contributed by atoms with Crippen LogP contribution in [0.25, 0.3) is 0 Å². The average Bonchev–Trinajstić information content (AvgIpc) is 2.63. The van der Waals surface area contributed by atoms with Gasteiger partial charge in [0, 0.05) is 47.8 Å². The number of imidazole rings is 1. The van der Waals surface area contributed by atoms with Crippen molar-refractivity contribution >= 4 is 10.8 Å². The van der Waals surface area contributed by atoms with Crippen LogP contribution in [0.5, 0.6) is 0 Å². The molecule has 0 saturated carbocycles. The molecule has 86 valence electrons. The van der Waals surface area contributed by atoms with E-state index < -0.39 is 10.8 Å². The SMILES string of the molecule is CC(CS(C)=O)NCCCn1ccnc1. The number of hydrogen-bond acceptors (Lipinski definition) is 3. The highest BCUT2D eigenvalue weighted by Gasteiger charge is 2.02. The highest BCUT2D eigenvalue weighted by molar-refractivity contribution is 7.84. The molecular formula is C10H19N3OS. The zero-order chi connectivity index (χ0) is 11.1. The van der Waals surface area contributed by atoms with Gasteiger partial charge in [-0.05, 0) is 19.9 Å². The topological polar surface area (TPSA) is 46.9 Å². The normalized spacial score (nSPS) is 15.1. The molecule has 0 fully saturated rings. The molecule has 0 aliphatic rings. The van der Waals surface area contributed by atoms with E-state index in [0.29, 0.717) is 6.04 Å². The zero-order valence-corrected chi connectivity index (χ0v) is 10.2. The second-order valence-electron chi connectivity index (χ2n) is 3.75. The largest absolute Gasteiger partial charge is 0.337 e. The van der Waals surface area contributed by atoms with Crippen LogP contribution in [0.4, 0.5) is 0 Å². The quantitative estimate of drug-likeness (QED) is 0.698. The minimum absolute atomic E-state index is 0.332. The highest BCUT2D eigenvalue weighted by Crippen LogP contribution is 1.91. The standard InChI is InChI=1S/C10H19N3OS/c1-10(8-15(2)14)12-4-3-6-13-7-5-11-9-13/h5,7,9-10,12H,3-4,6,8H2,1-2H3. The lowest BCUT2D eigenvalue weighted by Gasteiger charge is -2.11. The summed E-state index contributed by atoms with van der Waals surface area (Å²) < 4.78 is 13.0. The first kappa shape index (κ1) is 12.4. The van der Waals surface area contributed by atoms with Crippen LogP contribution in [0, 0.1) is 0 Å². The Morgan fingerprint density at radius 3 is 3.00 bits per heavy atom. The number of nitrogens with one attached hydrogen (secondary N) is 1. The van der Waals surface area contributed by atoms with Gasteiger partial charge in [0.2, 0.25) is 0 Å². The molecule has 2 atom stereocenters. The Hall–Kier alpha value is -0.680. The first-order valence-corrected chi connectivity index (χ1v) is 6.90. The van der Waals surface area contributed by atoms with Gasteiger partial charge < -0.3 is 9.88 Å². The van der Waals surface area contributed by atoms with E-state index in [1.165, 1.54) is 0 Å².